The van der Waals surface area contributed by atoms with Crippen molar-refractivity contribution < 1.29 is 9.50 Å². The van der Waals surface area contributed by atoms with Crippen molar-refractivity contribution in [3.8, 4) is 0 Å². The van der Waals surface area contributed by atoms with Gasteiger partial charge in [-0.1, -0.05) is 30.5 Å². The monoisotopic (exact) mass is 257 g/mol. The molecule has 1 aliphatic carbocycles. The molecule has 1 aliphatic rings. The summed E-state index contributed by atoms with van der Waals surface area (Å²) in [6.45, 7) is 0. The van der Waals surface area contributed by atoms with Gasteiger partial charge in [0.2, 0.25) is 0 Å². The third-order valence-corrected chi connectivity index (χ3v) is 3.89. The van der Waals surface area contributed by atoms with Crippen LogP contribution in [0.5, 0.6) is 0 Å². The summed E-state index contributed by atoms with van der Waals surface area (Å²) in [6, 6.07) is 3.93. The Kier molecular flexibility index (Phi) is 4.02. The molecule has 3 N–H and O–H groups in total. The molecular formula is C13H17ClFNO. The van der Waals surface area contributed by atoms with E-state index < -0.39 is 18.0 Å². The fourth-order valence-electron chi connectivity index (χ4n) is 2.51. The molecule has 0 spiro atoms. The molecule has 1 aromatic carbocycles. The maximum atomic E-state index is 13.3. The molecule has 0 amide bonds. The number of nitrogens with two attached hydrogens (primary N) is 1. The molecular weight excluding hydrogens is 241 g/mol. The second-order valence-electron chi connectivity index (χ2n) is 4.73. The Balaban J connectivity index is 2.12. The van der Waals surface area contributed by atoms with E-state index in [1.807, 2.05) is 0 Å². The molecule has 0 saturated heterocycles. The fraction of sp³-hybridized carbons (Fsp3) is 0.538. The third-order valence-electron chi connectivity index (χ3n) is 3.58. The summed E-state index contributed by atoms with van der Waals surface area (Å²) in [5, 5.41) is 10.2. The standard InChI is InChI=1S/C13H17ClFNO/c14-10-6-5-9(7-11(10)15)12(16)13(17)8-3-1-2-4-8/h5-8,12-13,17H,1-4,16H2/t12-,13+/m0/s1. The Morgan fingerprint density at radius 3 is 2.59 bits per heavy atom. The van der Waals surface area contributed by atoms with Crippen molar-refractivity contribution in [2.75, 3.05) is 0 Å². The molecule has 0 aliphatic heterocycles. The van der Waals surface area contributed by atoms with Crippen molar-refractivity contribution in [2.45, 2.75) is 37.8 Å². The zero-order valence-corrected chi connectivity index (χ0v) is 10.3. The van der Waals surface area contributed by atoms with E-state index in [1.165, 1.54) is 12.1 Å². The second kappa shape index (κ2) is 5.34. The minimum absolute atomic E-state index is 0.0799. The number of aliphatic hydroxyl groups excluding tert-OH is 1. The first-order chi connectivity index (χ1) is 8.09. The van der Waals surface area contributed by atoms with E-state index in [4.69, 9.17) is 17.3 Å². The van der Waals surface area contributed by atoms with Gasteiger partial charge in [-0.15, -0.1) is 0 Å². The van der Waals surface area contributed by atoms with Gasteiger partial charge in [-0.05, 0) is 36.5 Å². The highest BCUT2D eigenvalue weighted by Crippen LogP contribution is 2.33. The number of benzene rings is 1. The maximum absolute atomic E-state index is 13.3. The first-order valence-electron chi connectivity index (χ1n) is 5.98. The first kappa shape index (κ1) is 12.8. The van der Waals surface area contributed by atoms with Gasteiger partial charge in [0, 0.05) is 0 Å². The number of rotatable bonds is 3. The van der Waals surface area contributed by atoms with Crippen molar-refractivity contribution in [3.63, 3.8) is 0 Å². The van der Waals surface area contributed by atoms with Gasteiger partial charge in [-0.2, -0.15) is 0 Å². The lowest BCUT2D eigenvalue weighted by atomic mass is 9.91. The molecule has 0 bridgehead atoms. The predicted octanol–water partition coefficient (Wildman–Crippen LogP) is 3.03. The predicted molar refractivity (Wildman–Crippen MR) is 66.3 cm³/mol. The molecule has 0 unspecified atom stereocenters. The summed E-state index contributed by atoms with van der Waals surface area (Å²) in [5.74, 6) is -0.248. The molecule has 1 aromatic rings. The number of halogens is 2. The molecule has 94 valence electrons. The number of hydrogen-bond acceptors (Lipinski definition) is 2. The molecule has 0 heterocycles. The minimum Gasteiger partial charge on any atom is -0.391 e. The van der Waals surface area contributed by atoms with E-state index in [0.717, 1.165) is 25.7 Å². The van der Waals surface area contributed by atoms with Crippen LogP contribution in [-0.2, 0) is 0 Å². The Morgan fingerprint density at radius 2 is 2.00 bits per heavy atom. The minimum atomic E-state index is -0.599. The summed E-state index contributed by atoms with van der Waals surface area (Å²) in [6.07, 6.45) is 3.70. The van der Waals surface area contributed by atoms with Gasteiger partial charge in [0.1, 0.15) is 5.82 Å². The van der Waals surface area contributed by atoms with Crippen LogP contribution in [0.3, 0.4) is 0 Å². The largest absolute Gasteiger partial charge is 0.391 e. The molecule has 1 fully saturated rings. The van der Waals surface area contributed by atoms with E-state index in [9.17, 15) is 9.50 Å². The molecule has 1 saturated carbocycles. The SMILES string of the molecule is N[C@@H](c1ccc(Cl)c(F)c1)[C@H](O)C1CCCC1. The van der Waals surface area contributed by atoms with E-state index in [1.54, 1.807) is 6.07 Å². The van der Waals surface area contributed by atoms with Crippen molar-refractivity contribution >= 4 is 11.6 Å². The van der Waals surface area contributed by atoms with E-state index in [0.29, 0.717) is 5.56 Å². The van der Waals surface area contributed by atoms with Crippen molar-refractivity contribution in [2.24, 2.45) is 11.7 Å². The molecule has 0 aromatic heterocycles. The zero-order valence-electron chi connectivity index (χ0n) is 9.57. The van der Waals surface area contributed by atoms with Gasteiger partial charge >= 0.3 is 0 Å². The van der Waals surface area contributed by atoms with Gasteiger partial charge in [0.05, 0.1) is 17.2 Å². The van der Waals surface area contributed by atoms with Crippen molar-refractivity contribution in [1.29, 1.82) is 0 Å². The van der Waals surface area contributed by atoms with Crippen LogP contribution in [0.1, 0.15) is 37.3 Å². The topological polar surface area (TPSA) is 46.2 Å². The Hall–Kier alpha value is -0.640. The number of hydrogen-bond donors (Lipinski definition) is 2. The maximum Gasteiger partial charge on any atom is 0.142 e. The average molecular weight is 258 g/mol. The summed E-state index contributed by atoms with van der Waals surface area (Å²) >= 11 is 5.61. The van der Waals surface area contributed by atoms with Gasteiger partial charge in [-0.25, -0.2) is 4.39 Å². The first-order valence-corrected chi connectivity index (χ1v) is 6.36. The lowest BCUT2D eigenvalue weighted by Gasteiger charge is -2.24. The molecule has 4 heteroatoms. The van der Waals surface area contributed by atoms with E-state index in [-0.39, 0.29) is 10.9 Å². The molecule has 2 atom stereocenters. The van der Waals surface area contributed by atoms with Crippen LogP contribution in [0.15, 0.2) is 18.2 Å². The van der Waals surface area contributed by atoms with Crippen LogP contribution in [0, 0.1) is 11.7 Å². The highest BCUT2D eigenvalue weighted by molar-refractivity contribution is 6.30. The summed E-state index contributed by atoms with van der Waals surface area (Å²) < 4.78 is 13.3. The zero-order chi connectivity index (χ0) is 12.4. The van der Waals surface area contributed by atoms with Gasteiger partial charge in [0.15, 0.2) is 0 Å². The summed E-state index contributed by atoms with van der Waals surface area (Å²) in [7, 11) is 0. The second-order valence-corrected chi connectivity index (χ2v) is 5.14. The third kappa shape index (κ3) is 2.79. The smallest absolute Gasteiger partial charge is 0.142 e. The van der Waals surface area contributed by atoms with Gasteiger partial charge in [-0.3, -0.25) is 0 Å². The number of aliphatic hydroxyl groups is 1. The van der Waals surface area contributed by atoms with Crippen molar-refractivity contribution in [3.05, 3.63) is 34.6 Å². The summed E-state index contributed by atoms with van der Waals surface area (Å²) in [4.78, 5) is 0. The van der Waals surface area contributed by atoms with E-state index in [2.05, 4.69) is 0 Å². The lowest BCUT2D eigenvalue weighted by Crippen LogP contribution is -2.32. The van der Waals surface area contributed by atoms with Crippen LogP contribution in [-0.4, -0.2) is 11.2 Å². The average Bonchev–Trinajstić information content (AvgIpc) is 2.84. The van der Waals surface area contributed by atoms with E-state index >= 15 is 0 Å². The molecule has 17 heavy (non-hydrogen) atoms. The Bertz CT molecular complexity index is 393. The highest BCUT2D eigenvalue weighted by atomic mass is 35.5. The van der Waals surface area contributed by atoms with Crippen LogP contribution in [0.2, 0.25) is 5.02 Å². The lowest BCUT2D eigenvalue weighted by molar-refractivity contribution is 0.0844. The van der Waals surface area contributed by atoms with Crippen LogP contribution < -0.4 is 5.73 Å². The molecule has 2 nitrogen and oxygen atoms in total. The van der Waals surface area contributed by atoms with Crippen LogP contribution >= 0.6 is 11.6 Å². The van der Waals surface area contributed by atoms with Gasteiger partial charge < -0.3 is 10.8 Å². The van der Waals surface area contributed by atoms with Crippen molar-refractivity contribution in [1.82, 2.24) is 0 Å². The normalized spacial score (nSPS) is 20.5. The van der Waals surface area contributed by atoms with Gasteiger partial charge in [0.25, 0.3) is 0 Å². The highest BCUT2D eigenvalue weighted by Gasteiger charge is 2.28. The fourth-order valence-corrected chi connectivity index (χ4v) is 2.63. The molecule has 2 rings (SSSR count). The van der Waals surface area contributed by atoms with Crippen LogP contribution in [0.25, 0.3) is 0 Å². The van der Waals surface area contributed by atoms with Crippen LogP contribution in [0.4, 0.5) is 4.39 Å². The Labute approximate surface area is 106 Å². The summed E-state index contributed by atoms with van der Waals surface area (Å²) in [5.41, 5.74) is 6.58. The quantitative estimate of drug-likeness (QED) is 0.874. The Morgan fingerprint density at radius 1 is 1.35 bits per heavy atom. The molecule has 0 radical (unpaired) electrons.